The van der Waals surface area contributed by atoms with Crippen molar-refractivity contribution in [1.29, 1.82) is 0 Å². The molecule has 0 spiro atoms. The van der Waals surface area contributed by atoms with E-state index in [2.05, 4.69) is 0 Å². The fraction of sp³-hybridized carbons (Fsp3) is 0.222. The van der Waals surface area contributed by atoms with Crippen LogP contribution in [0.15, 0.2) is 30.3 Å². The van der Waals surface area contributed by atoms with E-state index >= 15 is 0 Å². The average molecular weight is 450 g/mol. The van der Waals surface area contributed by atoms with Gasteiger partial charge in [0.25, 0.3) is 5.91 Å². The molecule has 0 saturated heterocycles. The van der Waals surface area contributed by atoms with Crippen LogP contribution in [-0.4, -0.2) is 31.7 Å². The number of fused-ring (bicyclic) bond motifs is 1. The largest absolute Gasteiger partial charge is 0.486 e. The summed E-state index contributed by atoms with van der Waals surface area (Å²) in [6.45, 7) is -0.237. The molecule has 1 heterocycles. The van der Waals surface area contributed by atoms with Gasteiger partial charge in [0.15, 0.2) is 18.1 Å². The summed E-state index contributed by atoms with van der Waals surface area (Å²) in [6.07, 6.45) is -4.73. The number of carbonyl (C=O) groups excluding carboxylic acids is 2. The number of hydrogen-bond acceptors (Lipinski definition) is 5. The lowest BCUT2D eigenvalue weighted by molar-refractivity contribution is -0.137. The van der Waals surface area contributed by atoms with Crippen molar-refractivity contribution in [1.82, 2.24) is 0 Å². The van der Waals surface area contributed by atoms with E-state index in [0.717, 1.165) is 6.07 Å². The number of ether oxygens (including phenoxy) is 3. The van der Waals surface area contributed by atoms with E-state index in [1.54, 1.807) is 0 Å². The molecule has 1 aliphatic heterocycles. The van der Waals surface area contributed by atoms with Crippen LogP contribution in [-0.2, 0) is 15.7 Å². The molecule has 0 fully saturated rings. The number of alkyl halides is 3. The van der Waals surface area contributed by atoms with Crippen LogP contribution in [0.3, 0.4) is 0 Å². The maximum Gasteiger partial charge on any atom is 0.418 e. The highest BCUT2D eigenvalue weighted by atomic mass is 35.5. The first-order valence-electron chi connectivity index (χ1n) is 8.08. The van der Waals surface area contributed by atoms with Crippen molar-refractivity contribution in [3.63, 3.8) is 0 Å². The number of halogens is 5. The minimum absolute atomic E-state index is 0.00507. The van der Waals surface area contributed by atoms with Gasteiger partial charge in [-0.25, -0.2) is 4.79 Å². The summed E-state index contributed by atoms with van der Waals surface area (Å²) in [7, 11) is 0. The van der Waals surface area contributed by atoms with Crippen molar-refractivity contribution in [2.75, 3.05) is 25.1 Å². The Bertz CT molecular complexity index is 965. The Morgan fingerprint density at radius 1 is 1.10 bits per heavy atom. The van der Waals surface area contributed by atoms with E-state index in [1.165, 1.54) is 18.2 Å². The molecule has 154 valence electrons. The molecule has 11 heteroatoms. The van der Waals surface area contributed by atoms with Crippen LogP contribution >= 0.6 is 23.2 Å². The van der Waals surface area contributed by atoms with Crippen LogP contribution in [0.2, 0.25) is 10.0 Å². The molecule has 29 heavy (non-hydrogen) atoms. The Hall–Kier alpha value is -2.65. The summed E-state index contributed by atoms with van der Waals surface area (Å²) in [5.74, 6) is -1.34. The third-order valence-electron chi connectivity index (χ3n) is 3.73. The SMILES string of the molecule is O=C(COC(=O)c1cc(Cl)c2c(c1)OCCO2)Nc1ccc(Cl)cc1C(F)(F)F. The van der Waals surface area contributed by atoms with E-state index in [0.29, 0.717) is 12.7 Å². The van der Waals surface area contributed by atoms with E-state index in [-0.39, 0.29) is 33.7 Å². The van der Waals surface area contributed by atoms with E-state index in [4.69, 9.17) is 37.4 Å². The molecule has 1 N–H and O–H groups in total. The monoisotopic (exact) mass is 449 g/mol. The summed E-state index contributed by atoms with van der Waals surface area (Å²) in [6, 6.07) is 5.49. The quantitative estimate of drug-likeness (QED) is 0.691. The number of esters is 1. The van der Waals surface area contributed by atoms with Gasteiger partial charge in [0.1, 0.15) is 13.2 Å². The third kappa shape index (κ3) is 5.04. The molecule has 0 bridgehead atoms. The average Bonchev–Trinajstić information content (AvgIpc) is 2.66. The number of carbonyl (C=O) groups is 2. The van der Waals surface area contributed by atoms with Gasteiger partial charge in [0.2, 0.25) is 0 Å². The Morgan fingerprint density at radius 2 is 1.83 bits per heavy atom. The molecule has 0 saturated carbocycles. The summed E-state index contributed by atoms with van der Waals surface area (Å²) in [5, 5.41) is 2.03. The van der Waals surface area contributed by atoms with Crippen molar-refractivity contribution in [2.24, 2.45) is 0 Å². The highest BCUT2D eigenvalue weighted by molar-refractivity contribution is 6.32. The van der Waals surface area contributed by atoms with Crippen LogP contribution < -0.4 is 14.8 Å². The minimum atomic E-state index is -4.73. The fourth-order valence-corrected chi connectivity index (χ4v) is 2.93. The first-order valence-corrected chi connectivity index (χ1v) is 8.83. The Balaban J connectivity index is 1.66. The molecule has 0 unspecified atom stereocenters. The Morgan fingerprint density at radius 3 is 2.55 bits per heavy atom. The first-order chi connectivity index (χ1) is 13.6. The molecular weight excluding hydrogens is 438 g/mol. The molecule has 0 atom stereocenters. The van der Waals surface area contributed by atoms with Gasteiger partial charge >= 0.3 is 12.1 Å². The van der Waals surface area contributed by atoms with Crippen molar-refractivity contribution in [3.8, 4) is 11.5 Å². The number of anilines is 1. The standard InChI is InChI=1S/C18H12Cl2F3NO5/c19-10-1-2-13(11(7-10)18(21,22)23)24-15(25)8-29-17(26)9-5-12(20)16-14(6-9)27-3-4-28-16/h1-2,5-7H,3-4,8H2,(H,24,25). The maximum absolute atomic E-state index is 13.1. The van der Waals surface area contributed by atoms with Crippen molar-refractivity contribution < 1.29 is 37.0 Å². The lowest BCUT2D eigenvalue weighted by Crippen LogP contribution is -2.23. The molecule has 0 aromatic heterocycles. The van der Waals surface area contributed by atoms with Crippen LogP contribution in [0.25, 0.3) is 0 Å². The minimum Gasteiger partial charge on any atom is -0.486 e. The van der Waals surface area contributed by atoms with Gasteiger partial charge < -0.3 is 19.5 Å². The second kappa shape index (κ2) is 8.38. The lowest BCUT2D eigenvalue weighted by atomic mass is 10.1. The number of amides is 1. The normalized spacial score (nSPS) is 13.0. The predicted octanol–water partition coefficient (Wildman–Crippen LogP) is 4.58. The van der Waals surface area contributed by atoms with E-state index in [1.807, 2.05) is 5.32 Å². The van der Waals surface area contributed by atoms with Gasteiger partial charge in [-0.05, 0) is 30.3 Å². The van der Waals surface area contributed by atoms with Crippen molar-refractivity contribution in [2.45, 2.75) is 6.18 Å². The van der Waals surface area contributed by atoms with Gasteiger partial charge in [0, 0.05) is 5.02 Å². The van der Waals surface area contributed by atoms with Crippen molar-refractivity contribution in [3.05, 3.63) is 51.5 Å². The Labute approximate surface area is 172 Å². The summed E-state index contributed by atoms with van der Waals surface area (Å²) in [5.41, 5.74) is -1.64. The zero-order valence-corrected chi connectivity index (χ0v) is 16.0. The van der Waals surface area contributed by atoms with E-state index in [9.17, 15) is 22.8 Å². The lowest BCUT2D eigenvalue weighted by Gasteiger charge is -2.20. The van der Waals surface area contributed by atoms with Gasteiger partial charge in [-0.15, -0.1) is 0 Å². The van der Waals surface area contributed by atoms with Crippen LogP contribution in [0.1, 0.15) is 15.9 Å². The van der Waals surface area contributed by atoms with E-state index < -0.39 is 35.9 Å². The van der Waals surface area contributed by atoms with Gasteiger partial charge in [-0.3, -0.25) is 4.79 Å². The summed E-state index contributed by atoms with van der Waals surface area (Å²) in [4.78, 5) is 24.1. The number of hydrogen-bond donors (Lipinski definition) is 1. The molecule has 2 aromatic carbocycles. The first kappa shape index (κ1) is 21.1. The number of nitrogens with one attached hydrogen (secondary N) is 1. The molecule has 0 radical (unpaired) electrons. The summed E-state index contributed by atoms with van der Waals surface area (Å²) < 4.78 is 54.7. The molecule has 2 aromatic rings. The zero-order valence-electron chi connectivity index (χ0n) is 14.4. The second-order valence-corrected chi connectivity index (χ2v) is 6.64. The highest BCUT2D eigenvalue weighted by Crippen LogP contribution is 2.39. The molecular formula is C18H12Cl2F3NO5. The van der Waals surface area contributed by atoms with Gasteiger partial charge in [-0.1, -0.05) is 23.2 Å². The topological polar surface area (TPSA) is 73.9 Å². The van der Waals surface area contributed by atoms with Crippen LogP contribution in [0, 0.1) is 0 Å². The second-order valence-electron chi connectivity index (χ2n) is 5.79. The molecule has 3 rings (SSSR count). The predicted molar refractivity (Wildman–Crippen MR) is 97.8 cm³/mol. The van der Waals surface area contributed by atoms with Crippen molar-refractivity contribution >= 4 is 40.8 Å². The molecule has 0 aliphatic carbocycles. The fourth-order valence-electron chi connectivity index (χ4n) is 2.49. The molecule has 6 nitrogen and oxygen atoms in total. The third-order valence-corrected chi connectivity index (χ3v) is 4.24. The van der Waals surface area contributed by atoms with Crippen LogP contribution in [0.5, 0.6) is 11.5 Å². The molecule has 1 aliphatic rings. The molecule has 1 amide bonds. The van der Waals surface area contributed by atoms with Crippen LogP contribution in [0.4, 0.5) is 18.9 Å². The smallest absolute Gasteiger partial charge is 0.418 e. The van der Waals surface area contributed by atoms with Gasteiger partial charge in [-0.2, -0.15) is 13.2 Å². The number of benzene rings is 2. The Kier molecular flexibility index (Phi) is 6.09. The maximum atomic E-state index is 13.1. The summed E-state index contributed by atoms with van der Waals surface area (Å²) >= 11 is 11.6. The highest BCUT2D eigenvalue weighted by Gasteiger charge is 2.34. The zero-order chi connectivity index (χ0) is 21.2. The number of rotatable bonds is 4. The van der Waals surface area contributed by atoms with Gasteiger partial charge in [0.05, 0.1) is 21.8 Å².